The fourth-order valence-corrected chi connectivity index (χ4v) is 3.92. The molecule has 1 N–H and O–H groups in total. The van der Waals surface area contributed by atoms with Gasteiger partial charge in [-0.3, -0.25) is 9.36 Å². The number of hydrogen-bond donors (Lipinski definition) is 1. The van der Waals surface area contributed by atoms with Crippen LogP contribution in [0.25, 0.3) is 16.7 Å². The van der Waals surface area contributed by atoms with Crippen LogP contribution in [0.1, 0.15) is 41.5 Å². The Balaban J connectivity index is 1.57. The van der Waals surface area contributed by atoms with Gasteiger partial charge in [-0.2, -0.15) is 13.2 Å². The number of hydrogen-bond acceptors (Lipinski definition) is 3. The standard InChI is InChI=1S/C27H26F3N3O2/c1-3-4-5-18-6-8-19(9-7-18)26(34)31-20-10-12-21(13-11-20)33-24-15-14-22(35-2)16-23(24)32-25(33)17-27(28,29)30/h6-16H,3-5,17H2,1-2H3,(H,31,34). The largest absolute Gasteiger partial charge is 0.497 e. The van der Waals surface area contributed by atoms with Crippen molar-refractivity contribution in [3.8, 4) is 11.4 Å². The highest BCUT2D eigenvalue weighted by Gasteiger charge is 2.31. The van der Waals surface area contributed by atoms with Crippen molar-refractivity contribution >= 4 is 22.6 Å². The molecule has 0 spiro atoms. The molecule has 182 valence electrons. The number of carbonyl (C=O) groups excluding carboxylic acids is 1. The van der Waals surface area contributed by atoms with Gasteiger partial charge in [0.1, 0.15) is 18.0 Å². The molecule has 35 heavy (non-hydrogen) atoms. The highest BCUT2D eigenvalue weighted by atomic mass is 19.4. The van der Waals surface area contributed by atoms with Crippen LogP contribution in [0.3, 0.4) is 0 Å². The number of ether oxygens (including phenoxy) is 1. The molecule has 0 atom stereocenters. The van der Waals surface area contributed by atoms with Crippen LogP contribution in [-0.4, -0.2) is 28.7 Å². The first-order valence-corrected chi connectivity index (χ1v) is 11.4. The van der Waals surface area contributed by atoms with Crippen LogP contribution < -0.4 is 10.1 Å². The van der Waals surface area contributed by atoms with E-state index in [0.717, 1.165) is 19.3 Å². The van der Waals surface area contributed by atoms with Gasteiger partial charge in [0.2, 0.25) is 0 Å². The number of anilines is 1. The maximum Gasteiger partial charge on any atom is 0.396 e. The van der Waals surface area contributed by atoms with Gasteiger partial charge in [-0.25, -0.2) is 4.98 Å². The summed E-state index contributed by atoms with van der Waals surface area (Å²) in [7, 11) is 1.49. The lowest BCUT2D eigenvalue weighted by Crippen LogP contribution is -2.16. The fraction of sp³-hybridized carbons (Fsp3) is 0.259. The van der Waals surface area contributed by atoms with Crippen molar-refractivity contribution in [3.05, 3.63) is 83.7 Å². The summed E-state index contributed by atoms with van der Waals surface area (Å²) in [5, 5.41) is 2.84. The van der Waals surface area contributed by atoms with Crippen LogP contribution >= 0.6 is 0 Å². The molecule has 0 fully saturated rings. The minimum atomic E-state index is -4.41. The second-order valence-corrected chi connectivity index (χ2v) is 8.31. The second-order valence-electron chi connectivity index (χ2n) is 8.31. The Bertz CT molecular complexity index is 1310. The molecular weight excluding hydrogens is 455 g/mol. The van der Waals surface area contributed by atoms with Crippen LogP contribution in [0.15, 0.2) is 66.7 Å². The molecule has 1 amide bonds. The zero-order chi connectivity index (χ0) is 25.0. The van der Waals surface area contributed by atoms with E-state index in [0.29, 0.717) is 33.7 Å². The summed E-state index contributed by atoms with van der Waals surface area (Å²) in [5.41, 5.74) is 3.71. The summed E-state index contributed by atoms with van der Waals surface area (Å²) >= 11 is 0. The zero-order valence-corrected chi connectivity index (χ0v) is 19.5. The van der Waals surface area contributed by atoms with E-state index in [1.54, 1.807) is 54.6 Å². The molecule has 0 aliphatic heterocycles. The number of aromatic nitrogens is 2. The number of halogens is 3. The van der Waals surface area contributed by atoms with E-state index < -0.39 is 12.6 Å². The number of unbranched alkanes of at least 4 members (excludes halogenated alkanes) is 1. The number of benzene rings is 3. The SMILES string of the molecule is CCCCc1ccc(C(=O)Nc2ccc(-n3c(CC(F)(F)F)nc4cc(OC)ccc43)cc2)cc1. The van der Waals surface area contributed by atoms with Crippen LogP contribution in [0.4, 0.5) is 18.9 Å². The first-order chi connectivity index (χ1) is 16.8. The number of fused-ring (bicyclic) bond motifs is 1. The Morgan fingerprint density at radius 2 is 1.74 bits per heavy atom. The van der Waals surface area contributed by atoms with Crippen LogP contribution in [-0.2, 0) is 12.8 Å². The minimum absolute atomic E-state index is 0.124. The number of methoxy groups -OCH3 is 1. The number of rotatable bonds is 8. The Morgan fingerprint density at radius 1 is 1.03 bits per heavy atom. The number of alkyl halides is 3. The van der Waals surface area contributed by atoms with E-state index in [2.05, 4.69) is 17.2 Å². The number of carbonyl (C=O) groups is 1. The lowest BCUT2D eigenvalue weighted by Gasteiger charge is -2.12. The van der Waals surface area contributed by atoms with Crippen molar-refractivity contribution in [2.45, 2.75) is 38.8 Å². The quantitative estimate of drug-likeness (QED) is 0.303. The third kappa shape index (κ3) is 5.82. The molecule has 1 aromatic heterocycles. The van der Waals surface area contributed by atoms with Crippen molar-refractivity contribution < 1.29 is 22.7 Å². The third-order valence-electron chi connectivity index (χ3n) is 5.71. The van der Waals surface area contributed by atoms with Crippen molar-refractivity contribution in [3.63, 3.8) is 0 Å². The molecular formula is C27H26F3N3O2. The van der Waals surface area contributed by atoms with Gasteiger partial charge in [0.05, 0.1) is 18.1 Å². The summed E-state index contributed by atoms with van der Waals surface area (Å²) in [6.45, 7) is 2.14. The molecule has 0 bridgehead atoms. The first kappa shape index (κ1) is 24.3. The first-order valence-electron chi connectivity index (χ1n) is 11.4. The van der Waals surface area contributed by atoms with E-state index in [1.807, 2.05) is 12.1 Å². The Kier molecular flexibility index (Phi) is 7.10. The number of imidazole rings is 1. The van der Waals surface area contributed by atoms with Gasteiger partial charge in [-0.05, 0) is 66.9 Å². The molecule has 4 aromatic rings. The fourth-order valence-electron chi connectivity index (χ4n) is 3.92. The van der Waals surface area contributed by atoms with Gasteiger partial charge in [-0.15, -0.1) is 0 Å². The van der Waals surface area contributed by atoms with Gasteiger partial charge in [0, 0.05) is 23.0 Å². The van der Waals surface area contributed by atoms with Gasteiger partial charge >= 0.3 is 6.18 Å². The van der Waals surface area contributed by atoms with Crippen LogP contribution in [0.5, 0.6) is 5.75 Å². The van der Waals surface area contributed by atoms with Crippen molar-refractivity contribution in [1.29, 1.82) is 0 Å². The van der Waals surface area contributed by atoms with Gasteiger partial charge in [-0.1, -0.05) is 25.5 Å². The van der Waals surface area contributed by atoms with Crippen molar-refractivity contribution in [2.75, 3.05) is 12.4 Å². The maximum atomic E-state index is 13.2. The molecule has 0 unspecified atom stereocenters. The number of nitrogens with one attached hydrogen (secondary N) is 1. The molecule has 1 heterocycles. The molecule has 0 saturated heterocycles. The highest BCUT2D eigenvalue weighted by molar-refractivity contribution is 6.04. The minimum Gasteiger partial charge on any atom is -0.497 e. The van der Waals surface area contributed by atoms with Crippen LogP contribution in [0, 0.1) is 0 Å². The van der Waals surface area contributed by atoms with Crippen molar-refractivity contribution in [2.24, 2.45) is 0 Å². The predicted molar refractivity (Wildman–Crippen MR) is 130 cm³/mol. The molecule has 0 aliphatic carbocycles. The molecule has 0 radical (unpaired) electrons. The van der Waals surface area contributed by atoms with Gasteiger partial charge in [0.25, 0.3) is 5.91 Å². The van der Waals surface area contributed by atoms with E-state index in [1.165, 1.54) is 17.2 Å². The molecule has 8 heteroatoms. The normalized spacial score (nSPS) is 11.6. The highest BCUT2D eigenvalue weighted by Crippen LogP contribution is 2.29. The zero-order valence-electron chi connectivity index (χ0n) is 19.5. The average Bonchev–Trinajstić information content (AvgIpc) is 3.18. The molecule has 3 aromatic carbocycles. The summed E-state index contributed by atoms with van der Waals surface area (Å²) < 4.78 is 46.4. The summed E-state index contributed by atoms with van der Waals surface area (Å²) in [6, 6.07) is 19.1. The smallest absolute Gasteiger partial charge is 0.396 e. The maximum absolute atomic E-state index is 13.2. The molecule has 5 nitrogen and oxygen atoms in total. The molecule has 0 saturated carbocycles. The number of aryl methyl sites for hydroxylation is 1. The summed E-state index contributed by atoms with van der Waals surface area (Å²) in [4.78, 5) is 16.8. The van der Waals surface area contributed by atoms with E-state index in [4.69, 9.17) is 4.74 Å². The Morgan fingerprint density at radius 3 is 2.37 bits per heavy atom. The second kappa shape index (κ2) is 10.2. The molecule has 4 rings (SSSR count). The van der Waals surface area contributed by atoms with E-state index in [-0.39, 0.29) is 11.7 Å². The monoisotopic (exact) mass is 481 g/mol. The lowest BCUT2D eigenvalue weighted by molar-refractivity contribution is -0.128. The summed E-state index contributed by atoms with van der Waals surface area (Å²) in [6.07, 6.45) is -2.40. The number of nitrogens with zero attached hydrogens (tertiary/aromatic N) is 2. The van der Waals surface area contributed by atoms with Gasteiger partial charge in [0.15, 0.2) is 0 Å². The average molecular weight is 482 g/mol. The Hall–Kier alpha value is -3.81. The number of amides is 1. The van der Waals surface area contributed by atoms with Crippen molar-refractivity contribution in [1.82, 2.24) is 9.55 Å². The van der Waals surface area contributed by atoms with Crippen LogP contribution in [0.2, 0.25) is 0 Å². The van der Waals surface area contributed by atoms with E-state index >= 15 is 0 Å². The molecule has 0 aliphatic rings. The third-order valence-corrected chi connectivity index (χ3v) is 5.71. The topological polar surface area (TPSA) is 56.2 Å². The van der Waals surface area contributed by atoms with E-state index in [9.17, 15) is 18.0 Å². The van der Waals surface area contributed by atoms with Gasteiger partial charge < -0.3 is 10.1 Å². The lowest BCUT2D eigenvalue weighted by atomic mass is 10.1. The predicted octanol–water partition coefficient (Wildman–Crippen LogP) is 6.73. The Labute approximate surface area is 201 Å². The summed E-state index contributed by atoms with van der Waals surface area (Å²) in [5.74, 6) is 0.135.